The Kier molecular flexibility index (Phi) is 8.00. The molecule has 0 atom stereocenters. The number of hydrogen-bond donors (Lipinski definition) is 1. The summed E-state index contributed by atoms with van der Waals surface area (Å²) >= 11 is 6.03. The fourth-order valence-corrected chi connectivity index (χ4v) is 3.78. The van der Waals surface area contributed by atoms with Crippen LogP contribution < -0.4 is 10.1 Å². The van der Waals surface area contributed by atoms with E-state index in [4.69, 9.17) is 16.3 Å². The van der Waals surface area contributed by atoms with E-state index in [1.54, 1.807) is 42.1 Å². The molecular weight excluding hydrogens is 495 g/mol. The number of aromatic nitrogens is 2. The lowest BCUT2D eigenvalue weighted by Crippen LogP contribution is -2.38. The van der Waals surface area contributed by atoms with Crippen LogP contribution in [-0.4, -0.2) is 46.5 Å². The first kappa shape index (κ1) is 25.7. The Morgan fingerprint density at radius 1 is 1.08 bits per heavy atom. The quantitative estimate of drug-likeness (QED) is 0.292. The lowest BCUT2D eigenvalue weighted by molar-refractivity contribution is -0.116. The number of methoxy groups -OCH3 is 1. The van der Waals surface area contributed by atoms with Gasteiger partial charge in [0, 0.05) is 34.6 Å². The fraction of sp³-hybridized carbons (Fsp3) is 0.107. The van der Waals surface area contributed by atoms with Crippen LogP contribution in [0.2, 0.25) is 5.02 Å². The molecule has 4 aromatic rings. The number of nitrogens with one attached hydrogen (secondary N) is 1. The van der Waals surface area contributed by atoms with Crippen LogP contribution in [0.15, 0.2) is 91.6 Å². The SMILES string of the molecule is C=CCN(CC(=O)Nc1nc(-c2ccc(Cl)cc2)cn1-c1ccc(OC)cc1)C(=O)c1ccc(F)cc1. The third-order valence-electron chi connectivity index (χ3n) is 5.51. The first-order chi connectivity index (χ1) is 17.9. The average Bonchev–Trinajstić information content (AvgIpc) is 3.32. The average molecular weight is 519 g/mol. The molecule has 0 radical (unpaired) electrons. The normalized spacial score (nSPS) is 10.6. The van der Waals surface area contributed by atoms with Gasteiger partial charge in [0.25, 0.3) is 5.91 Å². The first-order valence-electron chi connectivity index (χ1n) is 11.3. The third kappa shape index (κ3) is 6.23. The van der Waals surface area contributed by atoms with Crippen LogP contribution in [0.4, 0.5) is 10.3 Å². The van der Waals surface area contributed by atoms with Gasteiger partial charge in [-0.3, -0.25) is 19.5 Å². The van der Waals surface area contributed by atoms with E-state index in [0.29, 0.717) is 16.5 Å². The molecule has 0 aliphatic rings. The molecule has 4 rings (SSSR count). The van der Waals surface area contributed by atoms with Gasteiger partial charge >= 0.3 is 0 Å². The maximum Gasteiger partial charge on any atom is 0.254 e. The minimum atomic E-state index is -0.458. The number of halogens is 2. The highest BCUT2D eigenvalue weighted by Gasteiger charge is 2.20. The van der Waals surface area contributed by atoms with Gasteiger partial charge in [-0.15, -0.1) is 6.58 Å². The molecule has 2 amide bonds. The van der Waals surface area contributed by atoms with Gasteiger partial charge in [0.05, 0.1) is 12.8 Å². The van der Waals surface area contributed by atoms with Crippen molar-refractivity contribution in [1.29, 1.82) is 0 Å². The van der Waals surface area contributed by atoms with Gasteiger partial charge in [0.1, 0.15) is 18.1 Å². The highest BCUT2D eigenvalue weighted by molar-refractivity contribution is 6.30. The number of ether oxygens (including phenoxy) is 1. The van der Waals surface area contributed by atoms with Gasteiger partial charge < -0.3 is 9.64 Å². The lowest BCUT2D eigenvalue weighted by atomic mass is 10.2. The van der Waals surface area contributed by atoms with Crippen LogP contribution >= 0.6 is 11.6 Å². The van der Waals surface area contributed by atoms with Gasteiger partial charge in [-0.1, -0.05) is 29.8 Å². The summed E-state index contributed by atoms with van der Waals surface area (Å²) in [6.07, 6.45) is 3.32. The predicted octanol–water partition coefficient (Wildman–Crippen LogP) is 5.61. The molecular formula is C28H24ClFN4O3. The molecule has 1 aromatic heterocycles. The van der Waals surface area contributed by atoms with Crippen molar-refractivity contribution in [3.63, 3.8) is 0 Å². The maximum absolute atomic E-state index is 13.3. The van der Waals surface area contributed by atoms with Crippen molar-refractivity contribution in [3.05, 3.63) is 108 Å². The molecule has 188 valence electrons. The van der Waals surface area contributed by atoms with E-state index in [0.717, 1.165) is 11.3 Å². The molecule has 0 fully saturated rings. The van der Waals surface area contributed by atoms with Crippen molar-refractivity contribution in [2.45, 2.75) is 0 Å². The summed E-state index contributed by atoms with van der Waals surface area (Å²) in [4.78, 5) is 31.9. The van der Waals surface area contributed by atoms with Crippen molar-refractivity contribution in [1.82, 2.24) is 14.5 Å². The minimum Gasteiger partial charge on any atom is -0.497 e. The standard InChI is InChI=1S/C28H24ClFN4O3/c1-3-16-33(27(36)20-6-10-22(30)11-7-20)18-26(35)32-28-31-25(19-4-8-21(29)9-5-19)17-34(28)23-12-14-24(37-2)15-13-23/h3-15,17H,1,16,18H2,2H3,(H,31,32,35). The zero-order valence-electron chi connectivity index (χ0n) is 20.0. The van der Waals surface area contributed by atoms with Crippen molar-refractivity contribution in [3.8, 4) is 22.7 Å². The van der Waals surface area contributed by atoms with Gasteiger partial charge in [-0.25, -0.2) is 9.37 Å². The fourth-order valence-electron chi connectivity index (χ4n) is 3.66. The third-order valence-corrected chi connectivity index (χ3v) is 5.76. The molecule has 7 nitrogen and oxygen atoms in total. The smallest absolute Gasteiger partial charge is 0.254 e. The van der Waals surface area contributed by atoms with Crippen LogP contribution in [0.1, 0.15) is 10.4 Å². The van der Waals surface area contributed by atoms with Gasteiger partial charge in [0.15, 0.2) is 0 Å². The van der Waals surface area contributed by atoms with Gasteiger partial charge in [0.2, 0.25) is 11.9 Å². The number of benzene rings is 3. The molecule has 0 spiro atoms. The Morgan fingerprint density at radius 3 is 2.38 bits per heavy atom. The van der Waals surface area contributed by atoms with Crippen molar-refractivity contribution in [2.24, 2.45) is 0 Å². The van der Waals surface area contributed by atoms with E-state index >= 15 is 0 Å². The Labute approximate surface area is 218 Å². The zero-order chi connectivity index (χ0) is 26.4. The first-order valence-corrected chi connectivity index (χ1v) is 11.7. The van der Waals surface area contributed by atoms with E-state index in [9.17, 15) is 14.0 Å². The number of amides is 2. The maximum atomic E-state index is 13.3. The molecule has 3 aromatic carbocycles. The molecule has 0 saturated carbocycles. The summed E-state index contributed by atoms with van der Waals surface area (Å²) in [6, 6.07) is 19.6. The number of anilines is 1. The molecule has 0 unspecified atom stereocenters. The minimum absolute atomic E-state index is 0.132. The summed E-state index contributed by atoms with van der Waals surface area (Å²) < 4.78 is 20.3. The molecule has 0 aliphatic heterocycles. The second-order valence-electron chi connectivity index (χ2n) is 8.05. The number of hydrogen-bond acceptors (Lipinski definition) is 4. The van der Waals surface area contributed by atoms with Crippen molar-refractivity contribution in [2.75, 3.05) is 25.5 Å². The largest absolute Gasteiger partial charge is 0.497 e. The van der Waals surface area contributed by atoms with Crippen molar-refractivity contribution < 1.29 is 18.7 Å². The topological polar surface area (TPSA) is 76.5 Å². The summed E-state index contributed by atoms with van der Waals surface area (Å²) in [7, 11) is 1.58. The number of carbonyl (C=O) groups is 2. The van der Waals surface area contributed by atoms with E-state index in [1.807, 2.05) is 24.3 Å². The lowest BCUT2D eigenvalue weighted by Gasteiger charge is -2.20. The predicted molar refractivity (Wildman–Crippen MR) is 142 cm³/mol. The van der Waals surface area contributed by atoms with Crippen LogP contribution in [0.5, 0.6) is 5.75 Å². The second kappa shape index (κ2) is 11.5. The summed E-state index contributed by atoms with van der Waals surface area (Å²) in [5, 5.41) is 3.41. The highest BCUT2D eigenvalue weighted by atomic mass is 35.5. The summed E-state index contributed by atoms with van der Waals surface area (Å²) in [6.45, 7) is 3.55. The Hall–Kier alpha value is -4.43. The number of rotatable bonds is 9. The molecule has 0 bridgehead atoms. The van der Waals surface area contributed by atoms with E-state index < -0.39 is 17.6 Å². The van der Waals surface area contributed by atoms with Crippen LogP contribution in [-0.2, 0) is 4.79 Å². The molecule has 9 heteroatoms. The van der Waals surface area contributed by atoms with E-state index in [2.05, 4.69) is 16.9 Å². The molecule has 1 N–H and O–H groups in total. The van der Waals surface area contributed by atoms with Gasteiger partial charge in [-0.2, -0.15) is 0 Å². The zero-order valence-corrected chi connectivity index (χ0v) is 20.8. The summed E-state index contributed by atoms with van der Waals surface area (Å²) in [5.74, 6) is -0.373. The monoisotopic (exact) mass is 518 g/mol. The Morgan fingerprint density at radius 2 is 1.76 bits per heavy atom. The molecule has 0 aliphatic carbocycles. The molecule has 0 saturated heterocycles. The summed E-state index contributed by atoms with van der Waals surface area (Å²) in [5.41, 5.74) is 2.44. The van der Waals surface area contributed by atoms with E-state index in [-0.39, 0.29) is 24.6 Å². The molecule has 1 heterocycles. The van der Waals surface area contributed by atoms with Crippen LogP contribution in [0.25, 0.3) is 16.9 Å². The van der Waals surface area contributed by atoms with Crippen LogP contribution in [0, 0.1) is 5.82 Å². The number of nitrogens with zero attached hydrogens (tertiary/aromatic N) is 3. The van der Waals surface area contributed by atoms with Crippen LogP contribution in [0.3, 0.4) is 0 Å². The highest BCUT2D eigenvalue weighted by Crippen LogP contribution is 2.26. The Balaban J connectivity index is 1.61. The second-order valence-corrected chi connectivity index (χ2v) is 8.49. The number of imidazole rings is 1. The van der Waals surface area contributed by atoms with Crippen molar-refractivity contribution >= 4 is 29.4 Å². The molecule has 37 heavy (non-hydrogen) atoms. The number of carbonyl (C=O) groups excluding carboxylic acids is 2. The Bertz CT molecular complexity index is 1400. The van der Waals surface area contributed by atoms with Gasteiger partial charge in [-0.05, 0) is 60.7 Å². The van der Waals surface area contributed by atoms with E-state index in [1.165, 1.54) is 35.2 Å².